The van der Waals surface area contributed by atoms with E-state index in [1.165, 1.54) is 29.5 Å². The highest BCUT2D eigenvalue weighted by Crippen LogP contribution is 2.32. The van der Waals surface area contributed by atoms with Crippen LogP contribution in [-0.2, 0) is 6.42 Å². The largest absolute Gasteiger partial charge is 0.298 e. The number of amides is 1. The molecule has 1 N–H and O–H groups in total. The van der Waals surface area contributed by atoms with Crippen LogP contribution in [0, 0.1) is 10.1 Å². The van der Waals surface area contributed by atoms with Crippen molar-refractivity contribution in [3.63, 3.8) is 0 Å². The summed E-state index contributed by atoms with van der Waals surface area (Å²) in [5.74, 6) is -0.545. The molecule has 6 nitrogen and oxygen atoms in total. The average molecular weight is 432 g/mol. The summed E-state index contributed by atoms with van der Waals surface area (Å²) in [6.45, 7) is 2.02. The van der Waals surface area contributed by atoms with Gasteiger partial charge in [-0.3, -0.25) is 20.2 Å². The number of thiazole rings is 1. The van der Waals surface area contributed by atoms with E-state index in [1.54, 1.807) is 6.07 Å². The zero-order chi connectivity index (χ0) is 18.7. The van der Waals surface area contributed by atoms with Crippen molar-refractivity contribution in [2.45, 2.75) is 13.3 Å². The summed E-state index contributed by atoms with van der Waals surface area (Å²) in [6.07, 6.45) is 0.768. The van der Waals surface area contributed by atoms with E-state index in [1.807, 2.05) is 31.2 Å². The summed E-state index contributed by atoms with van der Waals surface area (Å²) in [7, 11) is 0. The Morgan fingerprint density at radius 3 is 2.58 bits per heavy atom. The number of nitro benzene ring substituents is 1. The number of carbonyl (C=O) groups is 1. The first-order valence-corrected chi connectivity index (χ1v) is 9.41. The Hall–Kier alpha value is -2.58. The molecule has 1 aromatic heterocycles. The zero-order valence-corrected chi connectivity index (χ0v) is 16.1. The van der Waals surface area contributed by atoms with Gasteiger partial charge < -0.3 is 0 Å². The smallest absolute Gasteiger partial charge is 0.282 e. The van der Waals surface area contributed by atoms with Crippen molar-refractivity contribution in [3.8, 4) is 11.3 Å². The third kappa shape index (κ3) is 3.81. The van der Waals surface area contributed by atoms with E-state index in [0.717, 1.165) is 27.0 Å². The van der Waals surface area contributed by atoms with Crippen LogP contribution in [0.4, 0.5) is 10.8 Å². The van der Waals surface area contributed by atoms with Crippen molar-refractivity contribution >= 4 is 44.0 Å². The summed E-state index contributed by atoms with van der Waals surface area (Å²) in [6, 6.07) is 13.6. The summed E-state index contributed by atoms with van der Waals surface area (Å²) in [5, 5.41) is 14.2. The highest BCUT2D eigenvalue weighted by atomic mass is 79.9. The molecule has 0 saturated heterocycles. The van der Waals surface area contributed by atoms with Gasteiger partial charge in [-0.05, 0) is 24.6 Å². The molecule has 3 rings (SSSR count). The lowest BCUT2D eigenvalue weighted by Gasteiger charge is -2.02. The van der Waals surface area contributed by atoms with Crippen LogP contribution in [0.5, 0.6) is 0 Å². The summed E-state index contributed by atoms with van der Waals surface area (Å²) in [4.78, 5) is 28.6. The predicted octanol–water partition coefficient (Wildman–Crippen LogP) is 5.30. The molecule has 132 valence electrons. The molecule has 0 aliphatic heterocycles. The minimum atomic E-state index is -0.568. The van der Waals surface area contributed by atoms with E-state index < -0.39 is 10.8 Å². The summed E-state index contributed by atoms with van der Waals surface area (Å²) < 4.78 is 0.972. The number of nitro groups is 1. The average Bonchev–Trinajstić information content (AvgIpc) is 3.05. The van der Waals surface area contributed by atoms with Gasteiger partial charge in [-0.1, -0.05) is 47.1 Å². The van der Waals surface area contributed by atoms with Gasteiger partial charge in [0.25, 0.3) is 11.6 Å². The first-order valence-electron chi connectivity index (χ1n) is 7.80. The zero-order valence-electron chi connectivity index (χ0n) is 13.7. The number of aryl methyl sites for hydroxylation is 1. The maximum Gasteiger partial charge on any atom is 0.282 e. The van der Waals surface area contributed by atoms with Gasteiger partial charge in [0.05, 0.1) is 10.6 Å². The maximum absolute atomic E-state index is 12.5. The van der Waals surface area contributed by atoms with Crippen molar-refractivity contribution in [2.24, 2.45) is 0 Å². The van der Waals surface area contributed by atoms with Crippen molar-refractivity contribution in [1.29, 1.82) is 0 Å². The lowest BCUT2D eigenvalue weighted by atomic mass is 10.1. The standard InChI is InChI=1S/C18H14BrN3O3S/c1-2-15-16(11-7-9-12(19)10-8-11)20-18(26-15)21-17(23)13-5-3-4-6-14(13)22(24)25/h3-10H,2H2,1H3,(H,20,21,23). The predicted molar refractivity (Wildman–Crippen MR) is 106 cm³/mol. The first kappa shape index (κ1) is 18.2. The monoisotopic (exact) mass is 431 g/mol. The van der Waals surface area contributed by atoms with Crippen LogP contribution in [0.1, 0.15) is 22.2 Å². The number of anilines is 1. The molecule has 8 heteroatoms. The van der Waals surface area contributed by atoms with E-state index in [2.05, 4.69) is 26.2 Å². The number of benzene rings is 2. The van der Waals surface area contributed by atoms with Crippen LogP contribution >= 0.6 is 27.3 Å². The van der Waals surface area contributed by atoms with Gasteiger partial charge in [-0.25, -0.2) is 4.98 Å². The number of hydrogen-bond donors (Lipinski definition) is 1. The number of rotatable bonds is 5. The summed E-state index contributed by atoms with van der Waals surface area (Å²) in [5.41, 5.74) is 1.54. The second kappa shape index (κ2) is 7.76. The molecule has 0 fully saturated rings. The fraction of sp³-hybridized carbons (Fsp3) is 0.111. The van der Waals surface area contributed by atoms with Gasteiger partial charge in [0, 0.05) is 21.0 Å². The lowest BCUT2D eigenvalue weighted by molar-refractivity contribution is -0.385. The Kier molecular flexibility index (Phi) is 5.43. The molecule has 0 aliphatic rings. The van der Waals surface area contributed by atoms with E-state index in [-0.39, 0.29) is 11.3 Å². The van der Waals surface area contributed by atoms with Crippen LogP contribution in [0.2, 0.25) is 0 Å². The fourth-order valence-corrected chi connectivity index (χ4v) is 3.65. The van der Waals surface area contributed by atoms with Gasteiger partial charge >= 0.3 is 0 Å². The number of nitrogens with one attached hydrogen (secondary N) is 1. The van der Waals surface area contributed by atoms with Crippen LogP contribution in [0.3, 0.4) is 0 Å². The van der Waals surface area contributed by atoms with E-state index in [9.17, 15) is 14.9 Å². The van der Waals surface area contributed by atoms with E-state index >= 15 is 0 Å². The molecule has 2 aromatic carbocycles. The minimum absolute atomic E-state index is 0.0101. The Morgan fingerprint density at radius 1 is 1.23 bits per heavy atom. The SMILES string of the molecule is CCc1sc(NC(=O)c2ccccc2[N+](=O)[O-])nc1-c1ccc(Br)cc1. The van der Waals surface area contributed by atoms with Crippen LogP contribution in [0.25, 0.3) is 11.3 Å². The van der Waals surface area contributed by atoms with E-state index in [4.69, 9.17) is 0 Å². The summed E-state index contributed by atoms with van der Waals surface area (Å²) >= 11 is 4.78. The molecular formula is C18H14BrN3O3S. The quantitative estimate of drug-likeness (QED) is 0.438. The van der Waals surface area contributed by atoms with Crippen molar-refractivity contribution in [2.75, 3.05) is 5.32 Å². The van der Waals surface area contributed by atoms with Crippen molar-refractivity contribution < 1.29 is 9.72 Å². The number of hydrogen-bond acceptors (Lipinski definition) is 5. The van der Waals surface area contributed by atoms with Gasteiger partial charge in [-0.15, -0.1) is 11.3 Å². The second-order valence-electron chi connectivity index (χ2n) is 5.38. The second-order valence-corrected chi connectivity index (χ2v) is 7.38. The molecule has 0 spiro atoms. The Balaban J connectivity index is 1.90. The van der Waals surface area contributed by atoms with Crippen molar-refractivity contribution in [1.82, 2.24) is 4.98 Å². The molecule has 0 unspecified atom stereocenters. The van der Waals surface area contributed by atoms with Crippen molar-refractivity contribution in [3.05, 3.63) is 73.6 Å². The number of nitrogens with zero attached hydrogens (tertiary/aromatic N) is 2. The maximum atomic E-state index is 12.5. The fourth-order valence-electron chi connectivity index (χ4n) is 2.47. The van der Waals surface area contributed by atoms with Gasteiger partial charge in [0.1, 0.15) is 5.56 Å². The molecular weight excluding hydrogens is 418 g/mol. The number of carbonyl (C=O) groups excluding carboxylic acids is 1. The molecule has 0 bridgehead atoms. The first-order chi connectivity index (χ1) is 12.5. The van der Waals surface area contributed by atoms with Crippen LogP contribution in [-0.4, -0.2) is 15.8 Å². The molecule has 3 aromatic rings. The Morgan fingerprint density at radius 2 is 1.92 bits per heavy atom. The molecule has 0 saturated carbocycles. The van der Waals surface area contributed by atoms with Crippen LogP contribution < -0.4 is 5.32 Å². The lowest BCUT2D eigenvalue weighted by Crippen LogP contribution is -2.13. The minimum Gasteiger partial charge on any atom is -0.298 e. The Bertz CT molecular complexity index is 970. The third-order valence-electron chi connectivity index (χ3n) is 3.70. The molecule has 0 radical (unpaired) electrons. The normalized spacial score (nSPS) is 10.5. The highest BCUT2D eigenvalue weighted by Gasteiger charge is 2.21. The number of aromatic nitrogens is 1. The van der Waals surface area contributed by atoms with E-state index in [0.29, 0.717) is 5.13 Å². The molecule has 1 amide bonds. The van der Waals surface area contributed by atoms with Gasteiger partial charge in [0.15, 0.2) is 5.13 Å². The molecule has 0 atom stereocenters. The number of halogens is 1. The topological polar surface area (TPSA) is 85.1 Å². The van der Waals surface area contributed by atoms with Crippen LogP contribution in [0.15, 0.2) is 53.0 Å². The molecule has 1 heterocycles. The molecule has 26 heavy (non-hydrogen) atoms. The molecule has 0 aliphatic carbocycles. The van der Waals surface area contributed by atoms with Gasteiger partial charge in [-0.2, -0.15) is 0 Å². The van der Waals surface area contributed by atoms with Gasteiger partial charge in [0.2, 0.25) is 0 Å². The third-order valence-corrected chi connectivity index (χ3v) is 5.35. The Labute approximate surface area is 162 Å². The number of para-hydroxylation sites is 1. The highest BCUT2D eigenvalue weighted by molar-refractivity contribution is 9.10.